The molecule has 0 radical (unpaired) electrons. The molecule has 0 aromatic heterocycles. The minimum Gasteiger partial charge on any atom is -0.490 e. The maximum absolute atomic E-state index is 8.59. The van der Waals surface area contributed by atoms with E-state index in [1.54, 1.807) is 18.2 Å². The standard InChI is InChI=1S/C18H15Cl2NO2/c1-2-22-18-11-13(4-3-9-21)6-8-17(18)23-12-14-5-7-15(19)16(20)10-14/h3-8,10-11H,2,12H2,1H3/b4-3+. The minimum absolute atomic E-state index is 0.352. The second-order valence-electron chi connectivity index (χ2n) is 4.64. The minimum atomic E-state index is 0.352. The van der Waals surface area contributed by atoms with Crippen LogP contribution in [0.15, 0.2) is 42.5 Å². The second kappa shape index (κ2) is 8.47. The van der Waals surface area contributed by atoms with Crippen LogP contribution in [0, 0.1) is 11.3 Å². The van der Waals surface area contributed by atoms with Gasteiger partial charge in [0.15, 0.2) is 11.5 Å². The van der Waals surface area contributed by atoms with Gasteiger partial charge in [-0.2, -0.15) is 5.26 Å². The van der Waals surface area contributed by atoms with Crippen molar-refractivity contribution in [1.29, 1.82) is 5.26 Å². The molecule has 23 heavy (non-hydrogen) atoms. The molecule has 2 aromatic carbocycles. The van der Waals surface area contributed by atoms with E-state index < -0.39 is 0 Å². The van der Waals surface area contributed by atoms with E-state index in [2.05, 4.69) is 0 Å². The third-order valence-corrected chi connectivity index (χ3v) is 3.74. The van der Waals surface area contributed by atoms with E-state index in [1.165, 1.54) is 6.08 Å². The maximum Gasteiger partial charge on any atom is 0.161 e. The van der Waals surface area contributed by atoms with Crippen LogP contribution >= 0.6 is 23.2 Å². The Morgan fingerprint density at radius 3 is 2.57 bits per heavy atom. The molecule has 0 heterocycles. The van der Waals surface area contributed by atoms with Gasteiger partial charge in [0.1, 0.15) is 6.61 Å². The van der Waals surface area contributed by atoms with Crippen molar-refractivity contribution < 1.29 is 9.47 Å². The second-order valence-corrected chi connectivity index (χ2v) is 5.45. The van der Waals surface area contributed by atoms with Crippen LogP contribution < -0.4 is 9.47 Å². The number of hydrogen-bond donors (Lipinski definition) is 0. The summed E-state index contributed by atoms with van der Waals surface area (Å²) >= 11 is 11.9. The summed E-state index contributed by atoms with van der Waals surface area (Å²) in [5.41, 5.74) is 1.78. The molecule has 0 spiro atoms. The SMILES string of the molecule is CCOc1cc(/C=C/C#N)ccc1OCc1ccc(Cl)c(Cl)c1. The summed E-state index contributed by atoms with van der Waals surface area (Å²) in [4.78, 5) is 0. The monoisotopic (exact) mass is 347 g/mol. The van der Waals surface area contributed by atoms with Crippen LogP contribution in [0.25, 0.3) is 6.08 Å². The molecule has 5 heteroatoms. The topological polar surface area (TPSA) is 42.2 Å². The Hall–Kier alpha value is -2.15. The van der Waals surface area contributed by atoms with Crippen LogP contribution in [-0.2, 0) is 6.61 Å². The van der Waals surface area contributed by atoms with Crippen molar-refractivity contribution in [1.82, 2.24) is 0 Å². The van der Waals surface area contributed by atoms with E-state index in [9.17, 15) is 0 Å². The summed E-state index contributed by atoms with van der Waals surface area (Å²) in [6, 6.07) is 12.8. The molecular formula is C18H15Cl2NO2. The average molecular weight is 348 g/mol. The summed E-state index contributed by atoms with van der Waals surface area (Å²) in [6.07, 6.45) is 3.13. The zero-order valence-corrected chi connectivity index (χ0v) is 14.1. The maximum atomic E-state index is 8.59. The number of nitriles is 1. The largest absolute Gasteiger partial charge is 0.490 e. The van der Waals surface area contributed by atoms with Gasteiger partial charge in [0.2, 0.25) is 0 Å². The number of allylic oxidation sites excluding steroid dienone is 1. The van der Waals surface area contributed by atoms with E-state index in [0.29, 0.717) is 34.8 Å². The Morgan fingerprint density at radius 1 is 1.04 bits per heavy atom. The van der Waals surface area contributed by atoms with Gasteiger partial charge in [-0.15, -0.1) is 0 Å². The molecule has 2 aromatic rings. The third kappa shape index (κ3) is 4.92. The predicted octanol–water partition coefficient (Wildman–Crippen LogP) is 5.51. The van der Waals surface area contributed by atoms with E-state index >= 15 is 0 Å². The lowest BCUT2D eigenvalue weighted by Gasteiger charge is -2.13. The van der Waals surface area contributed by atoms with Crippen molar-refractivity contribution in [3.63, 3.8) is 0 Å². The van der Waals surface area contributed by atoms with E-state index in [1.807, 2.05) is 37.3 Å². The molecule has 0 aliphatic heterocycles. The molecule has 0 atom stereocenters. The van der Waals surface area contributed by atoms with Crippen LogP contribution in [0.2, 0.25) is 10.0 Å². The first-order valence-electron chi connectivity index (χ1n) is 7.03. The highest BCUT2D eigenvalue weighted by Crippen LogP contribution is 2.30. The Labute approximate surface area is 145 Å². The molecule has 0 saturated carbocycles. The highest BCUT2D eigenvalue weighted by molar-refractivity contribution is 6.42. The summed E-state index contributed by atoms with van der Waals surface area (Å²) in [6.45, 7) is 2.78. The number of hydrogen-bond acceptors (Lipinski definition) is 3. The summed E-state index contributed by atoms with van der Waals surface area (Å²) in [7, 11) is 0. The number of benzene rings is 2. The highest BCUT2D eigenvalue weighted by Gasteiger charge is 2.07. The Kier molecular flexibility index (Phi) is 6.34. The smallest absolute Gasteiger partial charge is 0.161 e. The van der Waals surface area contributed by atoms with Crippen LogP contribution in [-0.4, -0.2) is 6.61 Å². The fraction of sp³-hybridized carbons (Fsp3) is 0.167. The van der Waals surface area contributed by atoms with Gasteiger partial charge in [0.25, 0.3) is 0 Å². The lowest BCUT2D eigenvalue weighted by atomic mass is 10.2. The van der Waals surface area contributed by atoms with Gasteiger partial charge in [-0.25, -0.2) is 0 Å². The van der Waals surface area contributed by atoms with Crippen molar-refractivity contribution in [2.75, 3.05) is 6.61 Å². The molecule has 0 amide bonds. The zero-order valence-electron chi connectivity index (χ0n) is 12.6. The van der Waals surface area contributed by atoms with Gasteiger partial charge < -0.3 is 9.47 Å². The molecule has 0 saturated heterocycles. The predicted molar refractivity (Wildman–Crippen MR) is 93.1 cm³/mol. The van der Waals surface area contributed by atoms with E-state index in [0.717, 1.165) is 11.1 Å². The Bertz CT molecular complexity index is 751. The van der Waals surface area contributed by atoms with E-state index in [4.69, 9.17) is 37.9 Å². The van der Waals surface area contributed by atoms with E-state index in [-0.39, 0.29) is 0 Å². The summed E-state index contributed by atoms with van der Waals surface area (Å²) < 4.78 is 11.4. The average Bonchev–Trinajstić information content (AvgIpc) is 2.55. The molecular weight excluding hydrogens is 333 g/mol. The third-order valence-electron chi connectivity index (χ3n) is 3.00. The summed E-state index contributed by atoms with van der Waals surface area (Å²) in [5, 5.41) is 9.60. The van der Waals surface area contributed by atoms with Crippen LogP contribution in [0.1, 0.15) is 18.1 Å². The molecule has 0 fully saturated rings. The van der Waals surface area contributed by atoms with Gasteiger partial charge in [-0.1, -0.05) is 35.3 Å². The fourth-order valence-electron chi connectivity index (χ4n) is 1.94. The van der Waals surface area contributed by atoms with Crippen LogP contribution in [0.5, 0.6) is 11.5 Å². The zero-order chi connectivity index (χ0) is 16.7. The molecule has 118 valence electrons. The first kappa shape index (κ1) is 17.2. The highest BCUT2D eigenvalue weighted by atomic mass is 35.5. The van der Waals surface area contributed by atoms with Crippen molar-refractivity contribution >= 4 is 29.3 Å². The number of halogens is 2. The van der Waals surface area contributed by atoms with Crippen molar-refractivity contribution in [2.45, 2.75) is 13.5 Å². The molecule has 0 aliphatic rings. The quantitative estimate of drug-likeness (QED) is 0.647. The fourth-order valence-corrected chi connectivity index (χ4v) is 2.26. The lowest BCUT2D eigenvalue weighted by molar-refractivity contribution is 0.269. The van der Waals surface area contributed by atoms with Gasteiger partial charge >= 0.3 is 0 Å². The summed E-state index contributed by atoms with van der Waals surface area (Å²) in [5.74, 6) is 1.26. The molecule has 0 bridgehead atoms. The molecule has 0 aliphatic carbocycles. The van der Waals surface area contributed by atoms with Crippen LogP contribution in [0.3, 0.4) is 0 Å². The van der Waals surface area contributed by atoms with Crippen LogP contribution in [0.4, 0.5) is 0 Å². The van der Waals surface area contributed by atoms with Crippen molar-refractivity contribution in [2.24, 2.45) is 0 Å². The van der Waals surface area contributed by atoms with Gasteiger partial charge in [0, 0.05) is 6.08 Å². The number of nitrogens with zero attached hydrogens (tertiary/aromatic N) is 1. The number of ether oxygens (including phenoxy) is 2. The Balaban J connectivity index is 2.16. The first-order valence-corrected chi connectivity index (χ1v) is 7.79. The molecule has 0 N–H and O–H groups in total. The lowest BCUT2D eigenvalue weighted by Crippen LogP contribution is -2.00. The Morgan fingerprint density at radius 2 is 1.87 bits per heavy atom. The normalized spacial score (nSPS) is 10.5. The van der Waals surface area contributed by atoms with Crippen molar-refractivity contribution in [3.8, 4) is 17.6 Å². The molecule has 0 unspecified atom stereocenters. The van der Waals surface area contributed by atoms with Gasteiger partial charge in [-0.3, -0.25) is 0 Å². The molecule has 3 nitrogen and oxygen atoms in total. The molecule has 2 rings (SSSR count). The number of rotatable bonds is 6. The van der Waals surface area contributed by atoms with Crippen molar-refractivity contribution in [3.05, 3.63) is 63.6 Å². The first-order chi connectivity index (χ1) is 11.1. The van der Waals surface area contributed by atoms with Gasteiger partial charge in [-0.05, 0) is 48.4 Å². The van der Waals surface area contributed by atoms with Gasteiger partial charge in [0.05, 0.1) is 22.7 Å².